The van der Waals surface area contributed by atoms with Crippen molar-refractivity contribution in [3.05, 3.63) is 35.9 Å². The number of nitrogens with zero attached hydrogens (tertiary/aromatic N) is 1. The van der Waals surface area contributed by atoms with E-state index in [1.807, 2.05) is 36.4 Å². The van der Waals surface area contributed by atoms with Crippen LogP contribution in [-0.2, 0) is 20.9 Å². The second-order valence-corrected chi connectivity index (χ2v) is 4.49. The van der Waals surface area contributed by atoms with Crippen LogP contribution < -0.4 is 5.32 Å². The Morgan fingerprint density at radius 2 is 2.05 bits per heavy atom. The average molecular weight is 290 g/mol. The van der Waals surface area contributed by atoms with Gasteiger partial charge in [-0.3, -0.25) is 4.79 Å². The number of aliphatic carboxylic acids is 1. The maximum absolute atomic E-state index is 11.6. The van der Waals surface area contributed by atoms with Crippen molar-refractivity contribution in [2.45, 2.75) is 31.9 Å². The Balaban J connectivity index is 2.30. The number of carbonyl (C=O) groups excluding carboxylic acids is 1. The summed E-state index contributed by atoms with van der Waals surface area (Å²) in [5.41, 5.74) is 0.939. The van der Waals surface area contributed by atoms with Crippen LogP contribution >= 0.6 is 0 Å². The lowest BCUT2D eigenvalue weighted by Crippen LogP contribution is -2.42. The summed E-state index contributed by atoms with van der Waals surface area (Å²) in [5, 5.41) is 19.8. The fraction of sp³-hybridized carbons (Fsp3) is 0.400. The van der Waals surface area contributed by atoms with Crippen LogP contribution in [-0.4, -0.2) is 29.6 Å². The Labute approximate surface area is 123 Å². The molecule has 2 N–H and O–H groups in total. The molecule has 0 aromatic heterocycles. The number of carboxylic acids is 1. The van der Waals surface area contributed by atoms with E-state index >= 15 is 0 Å². The number of unbranched alkanes of at least 4 members (excludes halogenated alkanes) is 1. The first-order valence-electron chi connectivity index (χ1n) is 6.64. The number of benzene rings is 1. The minimum Gasteiger partial charge on any atom is -0.480 e. The summed E-state index contributed by atoms with van der Waals surface area (Å²) in [6, 6.07) is 10.3. The van der Waals surface area contributed by atoms with Gasteiger partial charge in [-0.2, -0.15) is 5.26 Å². The maximum Gasteiger partial charge on any atom is 0.326 e. The molecule has 21 heavy (non-hydrogen) atoms. The van der Waals surface area contributed by atoms with Gasteiger partial charge >= 0.3 is 5.97 Å². The molecule has 0 aliphatic heterocycles. The highest BCUT2D eigenvalue weighted by molar-refractivity contribution is 5.84. The molecule has 1 atom stereocenters. The van der Waals surface area contributed by atoms with Gasteiger partial charge in [0.15, 0.2) is 0 Å². The highest BCUT2D eigenvalue weighted by Crippen LogP contribution is 2.02. The predicted octanol–water partition coefficient (Wildman–Crippen LogP) is 1.47. The van der Waals surface area contributed by atoms with Crippen LogP contribution in [0.25, 0.3) is 0 Å². The molecule has 1 aromatic rings. The lowest BCUT2D eigenvalue weighted by atomic mass is 10.1. The molecule has 0 bridgehead atoms. The smallest absolute Gasteiger partial charge is 0.326 e. The van der Waals surface area contributed by atoms with Gasteiger partial charge in [0.25, 0.3) is 0 Å². The second-order valence-electron chi connectivity index (χ2n) is 4.49. The molecule has 0 saturated carbocycles. The van der Waals surface area contributed by atoms with Gasteiger partial charge in [0.1, 0.15) is 12.6 Å². The first-order valence-corrected chi connectivity index (χ1v) is 6.64. The Hall–Kier alpha value is -2.39. The van der Waals surface area contributed by atoms with Crippen molar-refractivity contribution in [3.63, 3.8) is 0 Å². The van der Waals surface area contributed by atoms with E-state index in [0.717, 1.165) is 5.56 Å². The summed E-state index contributed by atoms with van der Waals surface area (Å²) in [5.74, 6) is -1.58. The topological polar surface area (TPSA) is 99.4 Å². The number of hydrogen-bond donors (Lipinski definition) is 2. The van der Waals surface area contributed by atoms with Crippen molar-refractivity contribution < 1.29 is 19.4 Å². The molecular formula is C15H18N2O4. The molecule has 0 radical (unpaired) electrons. The van der Waals surface area contributed by atoms with E-state index in [2.05, 4.69) is 5.32 Å². The molecule has 0 unspecified atom stereocenters. The van der Waals surface area contributed by atoms with Gasteiger partial charge in [0.05, 0.1) is 12.7 Å². The molecule has 0 aliphatic carbocycles. The normalized spacial score (nSPS) is 11.4. The molecule has 0 aliphatic rings. The summed E-state index contributed by atoms with van der Waals surface area (Å²) in [4.78, 5) is 22.6. The first kappa shape index (κ1) is 16.7. The third-order valence-corrected chi connectivity index (χ3v) is 2.76. The van der Waals surface area contributed by atoms with Crippen LogP contribution in [0.4, 0.5) is 0 Å². The molecule has 0 spiro atoms. The quantitative estimate of drug-likeness (QED) is 0.671. The number of hydrogen-bond acceptors (Lipinski definition) is 4. The minimum absolute atomic E-state index is 0.197. The molecule has 6 heteroatoms. The van der Waals surface area contributed by atoms with Crippen molar-refractivity contribution in [2.75, 3.05) is 6.61 Å². The highest BCUT2D eigenvalue weighted by atomic mass is 16.5. The number of carboxylic acid groups (broad SMARTS) is 1. The number of nitriles is 1. The zero-order valence-electron chi connectivity index (χ0n) is 11.6. The van der Waals surface area contributed by atoms with Crippen LogP contribution in [0.3, 0.4) is 0 Å². The van der Waals surface area contributed by atoms with E-state index in [4.69, 9.17) is 15.1 Å². The van der Waals surface area contributed by atoms with E-state index in [1.165, 1.54) is 0 Å². The van der Waals surface area contributed by atoms with Crippen LogP contribution in [0.2, 0.25) is 0 Å². The number of amides is 1. The van der Waals surface area contributed by atoms with Gasteiger partial charge in [0.2, 0.25) is 5.91 Å². The number of ether oxygens (including phenoxy) is 1. The van der Waals surface area contributed by atoms with Crippen LogP contribution in [0.1, 0.15) is 24.8 Å². The Morgan fingerprint density at radius 1 is 1.33 bits per heavy atom. The van der Waals surface area contributed by atoms with Crippen LogP contribution in [0.5, 0.6) is 0 Å². The van der Waals surface area contributed by atoms with E-state index in [1.54, 1.807) is 0 Å². The molecule has 112 valence electrons. The summed E-state index contributed by atoms with van der Waals surface area (Å²) in [6.45, 7) is 0.0946. The zero-order chi connectivity index (χ0) is 15.5. The van der Waals surface area contributed by atoms with Crippen molar-refractivity contribution in [3.8, 4) is 6.07 Å². The first-order chi connectivity index (χ1) is 10.1. The van der Waals surface area contributed by atoms with Crippen molar-refractivity contribution in [2.24, 2.45) is 0 Å². The summed E-state index contributed by atoms with van der Waals surface area (Å²) >= 11 is 0. The van der Waals surface area contributed by atoms with Gasteiger partial charge in [-0.05, 0) is 18.4 Å². The van der Waals surface area contributed by atoms with Crippen molar-refractivity contribution in [1.29, 1.82) is 5.26 Å². The fourth-order valence-electron chi connectivity index (χ4n) is 1.71. The lowest BCUT2D eigenvalue weighted by Gasteiger charge is -2.13. The average Bonchev–Trinajstić information content (AvgIpc) is 2.47. The highest BCUT2D eigenvalue weighted by Gasteiger charge is 2.19. The molecule has 1 rings (SSSR count). The van der Waals surface area contributed by atoms with Crippen LogP contribution in [0, 0.1) is 11.3 Å². The second kappa shape index (κ2) is 9.50. The number of nitrogens with one attached hydrogen (secondary N) is 1. The third kappa shape index (κ3) is 7.09. The Morgan fingerprint density at radius 3 is 2.67 bits per heavy atom. The van der Waals surface area contributed by atoms with Crippen molar-refractivity contribution >= 4 is 11.9 Å². The Bertz CT molecular complexity index is 496. The molecule has 0 fully saturated rings. The van der Waals surface area contributed by atoms with Gasteiger partial charge in [0, 0.05) is 6.42 Å². The van der Waals surface area contributed by atoms with Crippen LogP contribution in [0.15, 0.2) is 30.3 Å². The Kier molecular flexibility index (Phi) is 7.54. The molecule has 6 nitrogen and oxygen atoms in total. The molecule has 0 heterocycles. The molecule has 1 aromatic carbocycles. The van der Waals surface area contributed by atoms with E-state index in [9.17, 15) is 9.59 Å². The summed E-state index contributed by atoms with van der Waals surface area (Å²) in [7, 11) is 0. The minimum atomic E-state index is -1.11. The SMILES string of the molecule is N#CCCC[C@H](NC(=O)COCc1ccccc1)C(=O)O. The molecule has 0 saturated heterocycles. The van der Waals surface area contributed by atoms with Gasteiger partial charge < -0.3 is 15.2 Å². The van der Waals surface area contributed by atoms with Gasteiger partial charge in [-0.1, -0.05) is 30.3 Å². The molecule has 1 amide bonds. The number of rotatable bonds is 9. The third-order valence-electron chi connectivity index (χ3n) is 2.76. The zero-order valence-corrected chi connectivity index (χ0v) is 11.6. The van der Waals surface area contributed by atoms with Gasteiger partial charge in [-0.15, -0.1) is 0 Å². The van der Waals surface area contributed by atoms with Crippen molar-refractivity contribution in [1.82, 2.24) is 5.32 Å². The standard InChI is InChI=1S/C15H18N2O4/c16-9-5-4-8-13(15(19)20)17-14(18)11-21-10-12-6-2-1-3-7-12/h1-3,6-7,13H,4-5,8,10-11H2,(H,17,18)(H,19,20)/t13-/m0/s1. The molecular weight excluding hydrogens is 272 g/mol. The fourth-order valence-corrected chi connectivity index (χ4v) is 1.71. The summed E-state index contributed by atoms with van der Waals surface area (Å²) in [6.07, 6.45) is 0.927. The van der Waals surface area contributed by atoms with E-state index in [-0.39, 0.29) is 19.4 Å². The van der Waals surface area contributed by atoms with E-state index in [0.29, 0.717) is 13.0 Å². The monoisotopic (exact) mass is 290 g/mol. The lowest BCUT2D eigenvalue weighted by molar-refractivity contribution is -0.142. The predicted molar refractivity (Wildman–Crippen MR) is 75.1 cm³/mol. The largest absolute Gasteiger partial charge is 0.480 e. The van der Waals surface area contributed by atoms with E-state index < -0.39 is 17.9 Å². The maximum atomic E-state index is 11.6. The number of carbonyl (C=O) groups is 2. The summed E-state index contributed by atoms with van der Waals surface area (Å²) < 4.78 is 5.23. The van der Waals surface area contributed by atoms with Gasteiger partial charge in [-0.25, -0.2) is 4.79 Å².